The number of ether oxygens (including phenoxy) is 1. The van der Waals surface area contributed by atoms with Crippen LogP contribution in [0.4, 0.5) is 0 Å². The van der Waals surface area contributed by atoms with Gasteiger partial charge in [0, 0.05) is 11.1 Å². The van der Waals surface area contributed by atoms with Gasteiger partial charge in [-0.05, 0) is 40.8 Å². The van der Waals surface area contributed by atoms with Crippen LogP contribution in [0.5, 0.6) is 5.75 Å². The van der Waals surface area contributed by atoms with Crippen molar-refractivity contribution >= 4 is 12.6 Å². The number of methoxy groups -OCH3 is 1. The first-order chi connectivity index (χ1) is 12.3. The summed E-state index contributed by atoms with van der Waals surface area (Å²) >= 11 is 0. The Morgan fingerprint density at radius 1 is 0.800 bits per heavy atom. The number of aldehydes is 2. The minimum Gasteiger partial charge on any atom is -0.497 e. The Hall–Kier alpha value is -3.20. The highest BCUT2D eigenvalue weighted by atomic mass is 16.5. The average Bonchev–Trinajstić information content (AvgIpc) is 2.68. The molecule has 0 heterocycles. The van der Waals surface area contributed by atoms with Crippen LogP contribution in [0.1, 0.15) is 31.8 Å². The van der Waals surface area contributed by atoms with Crippen molar-refractivity contribution in [3.05, 3.63) is 89.0 Å². The van der Waals surface area contributed by atoms with E-state index in [1.54, 1.807) is 19.2 Å². The molecule has 0 N–H and O–H groups in total. The maximum absolute atomic E-state index is 11.6. The van der Waals surface area contributed by atoms with Crippen molar-refractivity contribution in [2.24, 2.45) is 0 Å². The molecule has 0 amide bonds. The van der Waals surface area contributed by atoms with E-state index in [9.17, 15) is 9.59 Å². The van der Waals surface area contributed by atoms with E-state index in [0.29, 0.717) is 17.5 Å². The molecule has 0 aromatic heterocycles. The second-order valence-corrected chi connectivity index (χ2v) is 5.71. The van der Waals surface area contributed by atoms with Crippen LogP contribution in [0.25, 0.3) is 11.1 Å². The lowest BCUT2D eigenvalue weighted by Gasteiger charge is -2.14. The summed E-state index contributed by atoms with van der Waals surface area (Å²) in [7, 11) is 1.63. The zero-order valence-corrected chi connectivity index (χ0v) is 13.9. The SMILES string of the molecule is COc1ccc(-c2cccc(C=O)c2Cc2ccccc2C=O)cc1. The van der Waals surface area contributed by atoms with E-state index >= 15 is 0 Å². The zero-order valence-electron chi connectivity index (χ0n) is 13.9. The highest BCUT2D eigenvalue weighted by molar-refractivity contribution is 5.84. The monoisotopic (exact) mass is 330 g/mol. The molecule has 0 unspecified atom stereocenters. The highest BCUT2D eigenvalue weighted by Gasteiger charge is 2.12. The van der Waals surface area contributed by atoms with Crippen LogP contribution in [-0.4, -0.2) is 19.7 Å². The third-order valence-electron chi connectivity index (χ3n) is 4.29. The van der Waals surface area contributed by atoms with Crippen LogP contribution >= 0.6 is 0 Å². The Labute approximate surface area is 146 Å². The summed E-state index contributed by atoms with van der Waals surface area (Å²) in [5.74, 6) is 0.781. The minimum atomic E-state index is 0.519. The van der Waals surface area contributed by atoms with E-state index in [1.165, 1.54) is 0 Å². The number of carbonyl (C=O) groups excluding carboxylic acids is 2. The molecule has 0 saturated heterocycles. The summed E-state index contributed by atoms with van der Waals surface area (Å²) in [5.41, 5.74) is 5.08. The van der Waals surface area contributed by atoms with Crippen LogP contribution in [-0.2, 0) is 6.42 Å². The largest absolute Gasteiger partial charge is 0.497 e. The molecule has 124 valence electrons. The maximum Gasteiger partial charge on any atom is 0.150 e. The number of benzene rings is 3. The van der Waals surface area contributed by atoms with Crippen LogP contribution < -0.4 is 4.74 Å². The first-order valence-corrected chi connectivity index (χ1v) is 8.01. The van der Waals surface area contributed by atoms with Crippen molar-refractivity contribution in [2.45, 2.75) is 6.42 Å². The van der Waals surface area contributed by atoms with Gasteiger partial charge in [-0.15, -0.1) is 0 Å². The standard InChI is InChI=1S/C22H18O3/c1-25-20-11-9-16(10-12-20)21-8-4-7-19(15-24)22(21)13-17-5-2-3-6-18(17)14-23/h2-12,14-15H,13H2,1H3. The zero-order chi connectivity index (χ0) is 17.6. The maximum atomic E-state index is 11.6. The van der Waals surface area contributed by atoms with E-state index in [-0.39, 0.29) is 0 Å². The predicted octanol–water partition coefficient (Wildman–Crippen LogP) is 4.58. The second-order valence-electron chi connectivity index (χ2n) is 5.71. The number of hydrogen-bond acceptors (Lipinski definition) is 3. The van der Waals surface area contributed by atoms with Crippen LogP contribution in [0.15, 0.2) is 66.7 Å². The molecular formula is C22H18O3. The van der Waals surface area contributed by atoms with Gasteiger partial charge in [0.2, 0.25) is 0 Å². The number of hydrogen-bond donors (Lipinski definition) is 0. The molecule has 0 bridgehead atoms. The molecule has 3 nitrogen and oxygen atoms in total. The molecule has 0 atom stereocenters. The molecule has 0 fully saturated rings. The molecule has 3 rings (SSSR count). The van der Waals surface area contributed by atoms with Gasteiger partial charge in [0.05, 0.1) is 7.11 Å². The Morgan fingerprint density at radius 3 is 2.16 bits per heavy atom. The van der Waals surface area contributed by atoms with Crippen molar-refractivity contribution < 1.29 is 14.3 Å². The first kappa shape index (κ1) is 16.7. The van der Waals surface area contributed by atoms with Crippen molar-refractivity contribution in [2.75, 3.05) is 7.11 Å². The molecule has 3 heteroatoms. The molecule has 0 radical (unpaired) electrons. The molecule has 0 saturated carbocycles. The van der Waals surface area contributed by atoms with E-state index in [1.807, 2.05) is 54.6 Å². The summed E-state index contributed by atoms with van der Waals surface area (Å²) in [6.07, 6.45) is 2.24. The van der Waals surface area contributed by atoms with Crippen molar-refractivity contribution in [1.29, 1.82) is 0 Å². The van der Waals surface area contributed by atoms with E-state index in [0.717, 1.165) is 40.6 Å². The lowest BCUT2D eigenvalue weighted by Crippen LogP contribution is -2.01. The van der Waals surface area contributed by atoms with E-state index in [4.69, 9.17) is 4.74 Å². The Bertz CT molecular complexity index is 895. The highest BCUT2D eigenvalue weighted by Crippen LogP contribution is 2.30. The fourth-order valence-electron chi connectivity index (χ4n) is 2.95. The Balaban J connectivity index is 2.10. The van der Waals surface area contributed by atoms with Gasteiger partial charge in [0.25, 0.3) is 0 Å². The lowest BCUT2D eigenvalue weighted by molar-refractivity contribution is 0.111. The molecule has 3 aromatic carbocycles. The normalized spacial score (nSPS) is 10.3. The van der Waals surface area contributed by atoms with Gasteiger partial charge in [0.15, 0.2) is 0 Å². The van der Waals surface area contributed by atoms with Crippen molar-refractivity contribution in [1.82, 2.24) is 0 Å². The third kappa shape index (κ3) is 3.50. The van der Waals surface area contributed by atoms with Crippen LogP contribution in [0.2, 0.25) is 0 Å². The third-order valence-corrected chi connectivity index (χ3v) is 4.29. The van der Waals surface area contributed by atoms with Gasteiger partial charge in [-0.2, -0.15) is 0 Å². The number of carbonyl (C=O) groups is 2. The number of rotatable bonds is 6. The van der Waals surface area contributed by atoms with Crippen molar-refractivity contribution in [3.63, 3.8) is 0 Å². The summed E-state index contributed by atoms with van der Waals surface area (Å²) in [5, 5.41) is 0. The molecular weight excluding hydrogens is 312 g/mol. The van der Waals surface area contributed by atoms with Gasteiger partial charge in [-0.3, -0.25) is 9.59 Å². The molecule has 0 aliphatic carbocycles. The summed E-state index contributed by atoms with van der Waals surface area (Å²) < 4.78 is 5.21. The Kier molecular flexibility index (Phi) is 5.05. The van der Waals surface area contributed by atoms with Gasteiger partial charge in [-0.25, -0.2) is 0 Å². The van der Waals surface area contributed by atoms with E-state index in [2.05, 4.69) is 0 Å². The first-order valence-electron chi connectivity index (χ1n) is 8.01. The lowest BCUT2D eigenvalue weighted by atomic mass is 9.90. The molecule has 0 spiro atoms. The predicted molar refractivity (Wildman–Crippen MR) is 98.5 cm³/mol. The topological polar surface area (TPSA) is 43.4 Å². The second kappa shape index (κ2) is 7.58. The fraction of sp³-hybridized carbons (Fsp3) is 0.0909. The Morgan fingerprint density at radius 2 is 1.48 bits per heavy atom. The van der Waals surface area contributed by atoms with Crippen molar-refractivity contribution in [3.8, 4) is 16.9 Å². The molecule has 3 aromatic rings. The summed E-state index contributed by atoms with van der Waals surface area (Å²) in [6, 6.07) is 20.9. The summed E-state index contributed by atoms with van der Waals surface area (Å²) in [6.45, 7) is 0. The van der Waals surface area contributed by atoms with Gasteiger partial charge < -0.3 is 4.74 Å². The minimum absolute atomic E-state index is 0.519. The average molecular weight is 330 g/mol. The quantitative estimate of drug-likeness (QED) is 0.621. The molecule has 0 aliphatic rings. The van der Waals surface area contributed by atoms with E-state index < -0.39 is 0 Å². The van der Waals surface area contributed by atoms with Crippen LogP contribution in [0, 0.1) is 0 Å². The smallest absolute Gasteiger partial charge is 0.150 e. The molecule has 25 heavy (non-hydrogen) atoms. The van der Waals surface area contributed by atoms with Gasteiger partial charge >= 0.3 is 0 Å². The molecule has 0 aliphatic heterocycles. The fourth-order valence-corrected chi connectivity index (χ4v) is 2.95. The van der Waals surface area contributed by atoms with Gasteiger partial charge in [-0.1, -0.05) is 54.6 Å². The summed E-state index contributed by atoms with van der Waals surface area (Å²) in [4.78, 5) is 22.9. The van der Waals surface area contributed by atoms with Crippen LogP contribution in [0.3, 0.4) is 0 Å². The van der Waals surface area contributed by atoms with Gasteiger partial charge in [0.1, 0.15) is 18.3 Å².